The average molecular weight is 595 g/mol. The number of rotatable bonds is 7. The number of imidazole rings is 1. The van der Waals surface area contributed by atoms with Crippen molar-refractivity contribution < 1.29 is 9.47 Å². The first-order chi connectivity index (χ1) is 21.7. The molecule has 1 aromatic carbocycles. The van der Waals surface area contributed by atoms with E-state index >= 15 is 0 Å². The Kier molecular flexibility index (Phi) is 7.32. The highest BCUT2D eigenvalue weighted by atomic mass is 16.5. The summed E-state index contributed by atoms with van der Waals surface area (Å²) in [6.07, 6.45) is 4.53. The fourth-order valence-electron chi connectivity index (χ4n) is 4.92. The first-order valence-corrected chi connectivity index (χ1v) is 13.9. The number of nitriles is 1. The number of nitrogens with zero attached hydrogens (tertiary/aromatic N) is 11. The molecule has 0 unspecified atom stereocenters. The minimum Gasteiger partial charge on any atom is -0.378 e. The summed E-state index contributed by atoms with van der Waals surface area (Å²) in [6, 6.07) is 9.21. The number of hydrogen-bond acceptors (Lipinski definition) is 14. The Balaban J connectivity index is 1.38. The van der Waals surface area contributed by atoms with Crippen LogP contribution < -0.4 is 20.8 Å². The van der Waals surface area contributed by atoms with Crippen LogP contribution in [0.3, 0.4) is 0 Å². The largest absolute Gasteiger partial charge is 0.378 e. The number of aromatic amines is 2. The van der Waals surface area contributed by atoms with Crippen LogP contribution in [-0.4, -0.2) is 92.3 Å². The monoisotopic (exact) mass is 594 g/mol. The predicted molar refractivity (Wildman–Crippen MR) is 158 cm³/mol. The van der Waals surface area contributed by atoms with Crippen molar-refractivity contribution in [3.63, 3.8) is 0 Å². The molecule has 2 fully saturated rings. The van der Waals surface area contributed by atoms with Crippen molar-refractivity contribution in [3.8, 4) is 12.0 Å². The van der Waals surface area contributed by atoms with Gasteiger partial charge in [-0.1, -0.05) is 0 Å². The molecule has 0 atom stereocenters. The van der Waals surface area contributed by atoms with Gasteiger partial charge in [-0.2, -0.15) is 25.0 Å². The first-order valence-electron chi connectivity index (χ1n) is 13.9. The SMILES string of the molecule is N#Cc1cnn(-c2ncccn2)c1/N=N/c1c(Nc2ccc3[nH]c(=O)[nH]c3c2)nc(N2CCOCC2)nc1N1CCOCC1. The molecule has 0 saturated carbocycles. The number of H-pyrrole nitrogens is 2. The van der Waals surface area contributed by atoms with Gasteiger partial charge in [-0.3, -0.25) is 0 Å². The Bertz CT molecular complexity index is 1910. The molecule has 0 amide bonds. The zero-order valence-electron chi connectivity index (χ0n) is 23.3. The van der Waals surface area contributed by atoms with E-state index in [0.717, 1.165) is 0 Å². The maximum Gasteiger partial charge on any atom is 0.323 e. The van der Waals surface area contributed by atoms with Crippen molar-refractivity contribution in [1.29, 1.82) is 5.26 Å². The average Bonchev–Trinajstić information content (AvgIpc) is 3.66. The summed E-state index contributed by atoms with van der Waals surface area (Å²) in [6.45, 7) is 4.56. The van der Waals surface area contributed by atoms with Gasteiger partial charge in [-0.15, -0.1) is 10.2 Å². The van der Waals surface area contributed by atoms with Crippen molar-refractivity contribution in [3.05, 3.63) is 58.9 Å². The van der Waals surface area contributed by atoms with E-state index < -0.39 is 0 Å². The van der Waals surface area contributed by atoms with E-state index in [2.05, 4.69) is 56.4 Å². The second-order valence-electron chi connectivity index (χ2n) is 9.86. The number of benzene rings is 1. The lowest BCUT2D eigenvalue weighted by molar-refractivity contribution is 0.121. The standard InChI is InChI=1S/C27H26N14O3/c28-15-17-16-31-41(25-29-4-1-5-30-25)23(17)38-37-21-22(32-18-2-3-19-20(14-18)34-27(42)33-19)35-26(40-8-12-44-13-9-40)36-24(21)39-6-10-43-11-7-39/h1-5,14,16H,6-13H2,(H,32,35,36)(H2,33,34,42)/b38-37+. The van der Waals surface area contributed by atoms with Crippen molar-refractivity contribution in [2.45, 2.75) is 0 Å². The molecule has 0 aliphatic carbocycles. The Hall–Kier alpha value is -5.73. The highest BCUT2D eigenvalue weighted by Gasteiger charge is 2.26. The minimum atomic E-state index is -0.301. The Morgan fingerprint density at radius 2 is 1.64 bits per heavy atom. The zero-order chi connectivity index (χ0) is 29.9. The Morgan fingerprint density at radius 1 is 0.909 bits per heavy atom. The van der Waals surface area contributed by atoms with E-state index in [9.17, 15) is 10.1 Å². The van der Waals surface area contributed by atoms with Crippen LogP contribution in [0.25, 0.3) is 17.0 Å². The lowest BCUT2D eigenvalue weighted by Crippen LogP contribution is -2.39. The third-order valence-electron chi connectivity index (χ3n) is 7.09. The maximum atomic E-state index is 11.9. The van der Waals surface area contributed by atoms with Gasteiger partial charge in [-0.05, 0) is 24.3 Å². The molecule has 2 saturated heterocycles. The van der Waals surface area contributed by atoms with E-state index in [0.29, 0.717) is 92.6 Å². The van der Waals surface area contributed by atoms with Gasteiger partial charge in [-0.25, -0.2) is 14.8 Å². The van der Waals surface area contributed by atoms with E-state index in [1.165, 1.54) is 10.9 Å². The van der Waals surface area contributed by atoms with Gasteiger partial charge in [0, 0.05) is 44.3 Å². The number of nitrogens with one attached hydrogen (secondary N) is 3. The normalized spacial score (nSPS) is 15.6. The molecule has 2 aliphatic rings. The molecule has 0 radical (unpaired) electrons. The number of azo groups is 1. The summed E-state index contributed by atoms with van der Waals surface area (Å²) in [5, 5.41) is 26.6. The van der Waals surface area contributed by atoms with Gasteiger partial charge >= 0.3 is 5.69 Å². The Morgan fingerprint density at radius 3 is 2.39 bits per heavy atom. The molecule has 7 rings (SSSR count). The van der Waals surface area contributed by atoms with Crippen molar-refractivity contribution in [2.24, 2.45) is 10.2 Å². The first kappa shape index (κ1) is 27.1. The molecular weight excluding hydrogens is 568 g/mol. The van der Waals surface area contributed by atoms with Crippen LogP contribution in [0.4, 0.5) is 34.8 Å². The number of morpholine rings is 2. The second kappa shape index (κ2) is 11.9. The number of fused-ring (bicyclic) bond motifs is 1. The lowest BCUT2D eigenvalue weighted by Gasteiger charge is -2.32. The van der Waals surface area contributed by atoms with E-state index in [4.69, 9.17) is 19.4 Å². The summed E-state index contributed by atoms with van der Waals surface area (Å²) >= 11 is 0. The highest BCUT2D eigenvalue weighted by molar-refractivity contribution is 5.84. The molecule has 222 valence electrons. The molecule has 6 heterocycles. The summed E-state index contributed by atoms with van der Waals surface area (Å²) < 4.78 is 12.5. The number of aromatic nitrogens is 8. The number of hydrogen-bond donors (Lipinski definition) is 3. The number of ether oxygens (including phenoxy) is 2. The molecule has 17 heteroatoms. The molecule has 0 spiro atoms. The van der Waals surface area contributed by atoms with Crippen molar-refractivity contribution >= 4 is 45.8 Å². The molecule has 4 aromatic heterocycles. The van der Waals surface area contributed by atoms with Crippen molar-refractivity contribution in [1.82, 2.24) is 39.7 Å². The second-order valence-corrected chi connectivity index (χ2v) is 9.86. The minimum absolute atomic E-state index is 0.154. The van der Waals surface area contributed by atoms with Crippen molar-refractivity contribution in [2.75, 3.05) is 67.7 Å². The van der Waals surface area contributed by atoms with Gasteiger partial charge in [0.2, 0.25) is 5.95 Å². The molecular formula is C27H26N14O3. The van der Waals surface area contributed by atoms with E-state index in [-0.39, 0.29) is 23.0 Å². The van der Waals surface area contributed by atoms with Gasteiger partial charge in [0.15, 0.2) is 23.1 Å². The highest BCUT2D eigenvalue weighted by Crippen LogP contribution is 2.39. The van der Waals surface area contributed by atoms with Gasteiger partial charge in [0.05, 0.1) is 43.7 Å². The molecule has 44 heavy (non-hydrogen) atoms. The van der Waals surface area contributed by atoms with Crippen LogP contribution in [0.1, 0.15) is 5.56 Å². The zero-order valence-corrected chi connectivity index (χ0v) is 23.3. The van der Waals surface area contributed by atoms with Gasteiger partial charge in [0.1, 0.15) is 11.6 Å². The molecule has 17 nitrogen and oxygen atoms in total. The van der Waals surface area contributed by atoms with Gasteiger partial charge < -0.3 is 34.6 Å². The molecule has 0 bridgehead atoms. The van der Waals surface area contributed by atoms with Crippen LogP contribution in [0, 0.1) is 11.3 Å². The fourth-order valence-corrected chi connectivity index (χ4v) is 4.92. The molecule has 5 aromatic rings. The smallest absolute Gasteiger partial charge is 0.323 e. The predicted octanol–water partition coefficient (Wildman–Crippen LogP) is 2.33. The summed E-state index contributed by atoms with van der Waals surface area (Å²) in [7, 11) is 0. The molecule has 3 N–H and O–H groups in total. The fraction of sp³-hybridized carbons (Fsp3) is 0.296. The topological polar surface area (TPSA) is 204 Å². The van der Waals surface area contributed by atoms with Crippen LogP contribution >= 0.6 is 0 Å². The van der Waals surface area contributed by atoms with Crippen LogP contribution in [0.2, 0.25) is 0 Å². The van der Waals surface area contributed by atoms with E-state index in [1.807, 2.05) is 6.07 Å². The van der Waals surface area contributed by atoms with Crippen LogP contribution in [-0.2, 0) is 9.47 Å². The Labute approximate surface area is 249 Å². The lowest BCUT2D eigenvalue weighted by atomic mass is 10.2. The van der Waals surface area contributed by atoms with E-state index in [1.54, 1.807) is 30.6 Å². The summed E-state index contributed by atoms with van der Waals surface area (Å²) in [5.41, 5.74) is 2.19. The third kappa shape index (κ3) is 5.42. The quantitative estimate of drug-likeness (QED) is 0.232. The molecule has 2 aliphatic heterocycles. The summed E-state index contributed by atoms with van der Waals surface area (Å²) in [5.74, 6) is 1.83. The summed E-state index contributed by atoms with van der Waals surface area (Å²) in [4.78, 5) is 39.9. The van der Waals surface area contributed by atoms with Crippen LogP contribution in [0.15, 0.2) is 57.9 Å². The third-order valence-corrected chi connectivity index (χ3v) is 7.09. The maximum absolute atomic E-state index is 11.9. The van der Waals surface area contributed by atoms with Crippen LogP contribution in [0.5, 0.6) is 0 Å². The van der Waals surface area contributed by atoms with Gasteiger partial charge in [0.25, 0.3) is 5.95 Å². The number of anilines is 4.